The third-order valence-corrected chi connectivity index (χ3v) is 4.61. The second kappa shape index (κ2) is 6.05. The maximum Gasteiger partial charge on any atom is 0.233 e. The third kappa shape index (κ3) is 4.13. The lowest BCUT2D eigenvalue weighted by molar-refractivity contribution is 0.475. The van der Waals surface area contributed by atoms with Crippen LogP contribution in [0.5, 0.6) is 5.75 Å². The first-order valence-electron chi connectivity index (χ1n) is 6.51. The maximum absolute atomic E-state index is 12.2. The second-order valence-corrected chi connectivity index (χ2v) is 6.73. The Balaban J connectivity index is 2.12. The highest BCUT2D eigenvalue weighted by atomic mass is 32.2. The van der Waals surface area contributed by atoms with Gasteiger partial charge in [0, 0.05) is 6.07 Å². The average Bonchev–Trinajstić information content (AvgIpc) is 2.42. The van der Waals surface area contributed by atoms with Gasteiger partial charge in [-0.05, 0) is 23.6 Å². The predicted octanol–water partition coefficient (Wildman–Crippen LogP) is 2.52. The number of nitrogens with one attached hydrogen (secondary N) is 1. The van der Waals surface area contributed by atoms with Crippen LogP contribution in [0.2, 0.25) is 0 Å². The molecule has 0 aromatic heterocycles. The average molecular weight is 306 g/mol. The molecule has 4 N–H and O–H groups in total. The van der Waals surface area contributed by atoms with Crippen LogP contribution in [0.4, 0.5) is 11.4 Å². The van der Waals surface area contributed by atoms with Gasteiger partial charge in [-0.3, -0.25) is 4.72 Å². The van der Waals surface area contributed by atoms with E-state index in [-0.39, 0.29) is 28.8 Å². The molecule has 1 atom stereocenters. The molecule has 2 rings (SSSR count). The number of hydrogen-bond donors (Lipinski definition) is 3. The minimum absolute atomic E-state index is 0.00639. The number of phenolic OH excluding ortho intramolecular Hbond substituents is 1. The largest absolute Gasteiger partial charge is 0.508 e. The quantitative estimate of drug-likeness (QED) is 0.584. The van der Waals surface area contributed by atoms with Crippen molar-refractivity contribution in [3.63, 3.8) is 0 Å². The molecule has 0 radical (unpaired) electrons. The van der Waals surface area contributed by atoms with Gasteiger partial charge >= 0.3 is 0 Å². The normalized spacial score (nSPS) is 12.8. The lowest BCUT2D eigenvalue weighted by Gasteiger charge is -2.15. The van der Waals surface area contributed by atoms with Gasteiger partial charge in [0.15, 0.2) is 0 Å². The number of sulfonamides is 1. The first kappa shape index (κ1) is 15.2. The van der Waals surface area contributed by atoms with Crippen molar-refractivity contribution in [3.05, 3.63) is 54.1 Å². The Morgan fingerprint density at radius 1 is 1.19 bits per heavy atom. The lowest BCUT2D eigenvalue weighted by atomic mass is 10.0. The molecule has 0 aliphatic rings. The molecule has 0 bridgehead atoms. The molecule has 0 spiro atoms. The van der Waals surface area contributed by atoms with E-state index in [1.54, 1.807) is 0 Å². The molecule has 0 saturated carbocycles. The van der Waals surface area contributed by atoms with Gasteiger partial charge in [-0.1, -0.05) is 37.3 Å². The van der Waals surface area contributed by atoms with Crippen LogP contribution in [0, 0.1) is 0 Å². The molecule has 0 amide bonds. The number of aromatic hydroxyl groups is 1. The van der Waals surface area contributed by atoms with Gasteiger partial charge in [0.25, 0.3) is 0 Å². The first-order chi connectivity index (χ1) is 9.87. The van der Waals surface area contributed by atoms with Crippen molar-refractivity contribution in [2.24, 2.45) is 0 Å². The van der Waals surface area contributed by atoms with E-state index >= 15 is 0 Å². The van der Waals surface area contributed by atoms with Gasteiger partial charge in [-0.25, -0.2) is 8.42 Å². The molecule has 2 aromatic rings. The zero-order valence-electron chi connectivity index (χ0n) is 11.7. The minimum Gasteiger partial charge on any atom is -0.508 e. The summed E-state index contributed by atoms with van der Waals surface area (Å²) in [5.41, 5.74) is 7.10. The Labute approximate surface area is 124 Å². The third-order valence-electron chi connectivity index (χ3n) is 3.14. The molecule has 0 aliphatic carbocycles. The molecule has 5 nitrogen and oxygen atoms in total. The van der Waals surface area contributed by atoms with E-state index in [2.05, 4.69) is 4.72 Å². The minimum atomic E-state index is -3.53. The van der Waals surface area contributed by atoms with Crippen molar-refractivity contribution in [3.8, 4) is 5.75 Å². The number of hydrogen-bond acceptors (Lipinski definition) is 4. The highest BCUT2D eigenvalue weighted by Gasteiger charge is 2.18. The van der Waals surface area contributed by atoms with E-state index in [0.717, 1.165) is 5.56 Å². The summed E-state index contributed by atoms with van der Waals surface area (Å²) in [5, 5.41) is 9.27. The summed E-state index contributed by atoms with van der Waals surface area (Å²) in [6.07, 6.45) is 0. The number of nitrogens with two attached hydrogens (primary N) is 1. The van der Waals surface area contributed by atoms with Crippen molar-refractivity contribution in [2.75, 3.05) is 16.2 Å². The molecular weight excluding hydrogens is 288 g/mol. The molecule has 2 aromatic carbocycles. The zero-order chi connectivity index (χ0) is 15.5. The number of phenols is 1. The van der Waals surface area contributed by atoms with E-state index in [1.807, 2.05) is 37.3 Å². The van der Waals surface area contributed by atoms with Crippen LogP contribution in [0.1, 0.15) is 18.4 Å². The van der Waals surface area contributed by atoms with Crippen LogP contribution in [0.15, 0.2) is 48.5 Å². The van der Waals surface area contributed by atoms with Gasteiger partial charge in [-0.2, -0.15) is 0 Å². The summed E-state index contributed by atoms with van der Waals surface area (Å²) in [6, 6.07) is 13.6. The molecule has 112 valence electrons. The van der Waals surface area contributed by atoms with Crippen molar-refractivity contribution in [1.82, 2.24) is 0 Å². The van der Waals surface area contributed by atoms with Gasteiger partial charge < -0.3 is 10.8 Å². The Kier molecular flexibility index (Phi) is 4.37. The van der Waals surface area contributed by atoms with Crippen molar-refractivity contribution < 1.29 is 13.5 Å². The van der Waals surface area contributed by atoms with Crippen LogP contribution in [-0.4, -0.2) is 19.3 Å². The van der Waals surface area contributed by atoms with E-state index in [9.17, 15) is 13.5 Å². The molecule has 0 aliphatic heterocycles. The summed E-state index contributed by atoms with van der Waals surface area (Å²) in [4.78, 5) is 0. The molecular formula is C15H18N2O3S. The topological polar surface area (TPSA) is 92.4 Å². The number of rotatable bonds is 5. The Bertz CT molecular complexity index is 715. The van der Waals surface area contributed by atoms with E-state index < -0.39 is 10.0 Å². The first-order valence-corrected chi connectivity index (χ1v) is 8.16. The second-order valence-electron chi connectivity index (χ2n) is 4.97. The molecule has 1 unspecified atom stereocenters. The Morgan fingerprint density at radius 2 is 1.86 bits per heavy atom. The van der Waals surface area contributed by atoms with Crippen LogP contribution >= 0.6 is 0 Å². The molecule has 0 heterocycles. The van der Waals surface area contributed by atoms with Crippen LogP contribution in [-0.2, 0) is 10.0 Å². The van der Waals surface area contributed by atoms with E-state index in [0.29, 0.717) is 0 Å². The molecule has 0 saturated heterocycles. The summed E-state index contributed by atoms with van der Waals surface area (Å²) in [7, 11) is -3.53. The SMILES string of the molecule is CC(CS(=O)(=O)Nc1ccc(O)cc1N)c1ccccc1. The fraction of sp³-hybridized carbons (Fsp3) is 0.200. The van der Waals surface area contributed by atoms with Gasteiger partial charge in [0.1, 0.15) is 5.75 Å². The number of anilines is 2. The fourth-order valence-corrected chi connectivity index (χ4v) is 3.51. The van der Waals surface area contributed by atoms with Crippen LogP contribution in [0.3, 0.4) is 0 Å². The van der Waals surface area contributed by atoms with Crippen LogP contribution in [0.25, 0.3) is 0 Å². The summed E-state index contributed by atoms with van der Waals surface area (Å²) in [5.74, 6) is -0.188. The highest BCUT2D eigenvalue weighted by Crippen LogP contribution is 2.25. The summed E-state index contributed by atoms with van der Waals surface area (Å²) < 4.78 is 26.8. The van der Waals surface area contributed by atoms with Gasteiger partial charge in [0.2, 0.25) is 10.0 Å². The standard InChI is InChI=1S/C15H18N2O3S/c1-11(12-5-3-2-4-6-12)10-21(19,20)17-15-8-7-13(18)9-14(15)16/h2-9,11,17-18H,10,16H2,1H3. The van der Waals surface area contributed by atoms with E-state index in [1.165, 1.54) is 18.2 Å². The van der Waals surface area contributed by atoms with Gasteiger partial charge in [0.05, 0.1) is 17.1 Å². The van der Waals surface area contributed by atoms with Gasteiger partial charge in [-0.15, -0.1) is 0 Å². The predicted molar refractivity (Wildman–Crippen MR) is 84.8 cm³/mol. The monoisotopic (exact) mass is 306 g/mol. The highest BCUT2D eigenvalue weighted by molar-refractivity contribution is 7.92. The maximum atomic E-state index is 12.2. The summed E-state index contributed by atoms with van der Waals surface area (Å²) >= 11 is 0. The number of benzene rings is 2. The van der Waals surface area contributed by atoms with E-state index in [4.69, 9.17) is 5.73 Å². The van der Waals surface area contributed by atoms with Crippen molar-refractivity contribution >= 4 is 21.4 Å². The fourth-order valence-electron chi connectivity index (χ4n) is 2.06. The number of nitrogen functional groups attached to an aromatic ring is 1. The molecule has 6 heteroatoms. The zero-order valence-corrected chi connectivity index (χ0v) is 12.5. The van der Waals surface area contributed by atoms with Crippen molar-refractivity contribution in [2.45, 2.75) is 12.8 Å². The lowest BCUT2D eigenvalue weighted by Crippen LogP contribution is -2.21. The van der Waals surface area contributed by atoms with Crippen molar-refractivity contribution in [1.29, 1.82) is 0 Å². The smallest absolute Gasteiger partial charge is 0.233 e. The Morgan fingerprint density at radius 3 is 2.48 bits per heavy atom. The molecule has 21 heavy (non-hydrogen) atoms. The van der Waals surface area contributed by atoms with Crippen LogP contribution < -0.4 is 10.5 Å². The molecule has 0 fully saturated rings. The summed E-state index contributed by atoms with van der Waals surface area (Å²) in [6.45, 7) is 1.86. The Hall–Kier alpha value is -2.21.